The van der Waals surface area contributed by atoms with Crippen LogP contribution in [0.1, 0.15) is 24.3 Å². The summed E-state index contributed by atoms with van der Waals surface area (Å²) in [6.45, 7) is 3.57. The highest BCUT2D eigenvalue weighted by Gasteiger charge is 2.41. The summed E-state index contributed by atoms with van der Waals surface area (Å²) in [5.41, 5.74) is 1.78. The number of H-pyrrole nitrogens is 1. The third-order valence-electron chi connectivity index (χ3n) is 6.01. The van der Waals surface area contributed by atoms with Crippen molar-refractivity contribution < 1.29 is 23.0 Å². The summed E-state index contributed by atoms with van der Waals surface area (Å²) in [6, 6.07) is 4.93. The Labute approximate surface area is 187 Å². The monoisotopic (exact) mass is 463 g/mol. The second-order valence-electron chi connectivity index (χ2n) is 9.15. The Kier molecular flexibility index (Phi) is 5.37. The van der Waals surface area contributed by atoms with Gasteiger partial charge in [0.05, 0.1) is 19.3 Å². The Morgan fingerprint density at radius 2 is 2.28 bits per heavy atom. The first kappa shape index (κ1) is 21.3. The van der Waals surface area contributed by atoms with E-state index in [0.717, 1.165) is 37.7 Å². The molecule has 5 rings (SSSR count). The average Bonchev–Trinajstić information content (AvgIpc) is 3.31. The molecule has 1 aromatic carbocycles. The van der Waals surface area contributed by atoms with Crippen LogP contribution in [0.5, 0.6) is 5.75 Å². The quantitative estimate of drug-likeness (QED) is 0.557. The molecule has 0 aliphatic carbocycles. The summed E-state index contributed by atoms with van der Waals surface area (Å²) >= 11 is 1.58. The lowest BCUT2D eigenvalue weighted by Crippen LogP contribution is -2.46. The van der Waals surface area contributed by atoms with Gasteiger partial charge in [0.15, 0.2) is 0 Å². The van der Waals surface area contributed by atoms with E-state index < -0.39 is 6.61 Å². The number of nitrogens with zero attached hydrogens (tertiary/aromatic N) is 3. The van der Waals surface area contributed by atoms with E-state index in [4.69, 9.17) is 9.72 Å². The van der Waals surface area contributed by atoms with Gasteiger partial charge in [0.1, 0.15) is 17.2 Å². The van der Waals surface area contributed by atoms with Gasteiger partial charge in [0, 0.05) is 29.1 Å². The third-order valence-corrected chi connectivity index (χ3v) is 7.09. The minimum atomic E-state index is -2.86. The molecular weight excluding hydrogens is 438 g/mol. The highest BCUT2D eigenvalue weighted by Crippen LogP contribution is 2.41. The minimum absolute atomic E-state index is 0.0168. The number of morpholine rings is 1. The van der Waals surface area contributed by atoms with Crippen molar-refractivity contribution in [2.45, 2.75) is 39.3 Å². The van der Waals surface area contributed by atoms with Crippen molar-refractivity contribution >= 4 is 33.2 Å². The summed E-state index contributed by atoms with van der Waals surface area (Å²) in [7, 11) is 0. The van der Waals surface area contributed by atoms with Crippen LogP contribution in [0.3, 0.4) is 0 Å². The Hall–Kier alpha value is -2.59. The zero-order valence-electron chi connectivity index (χ0n) is 17.9. The molecule has 4 heterocycles. The number of nitrogens with one attached hydrogen (secondary N) is 1. The van der Waals surface area contributed by atoms with E-state index in [1.165, 1.54) is 6.07 Å². The van der Waals surface area contributed by atoms with Crippen LogP contribution in [0.15, 0.2) is 24.4 Å². The van der Waals surface area contributed by atoms with Gasteiger partial charge in [0.2, 0.25) is 0 Å². The van der Waals surface area contributed by atoms with E-state index in [1.807, 2.05) is 6.20 Å². The lowest BCUT2D eigenvalue weighted by Gasteiger charge is -2.33. The van der Waals surface area contributed by atoms with E-state index in [-0.39, 0.29) is 17.2 Å². The normalized spacial score (nSPS) is 20.7. The van der Waals surface area contributed by atoms with Crippen LogP contribution in [-0.2, 0) is 17.6 Å². The van der Waals surface area contributed by atoms with Crippen LogP contribution >= 0.6 is 11.3 Å². The average molecular weight is 464 g/mol. The molecule has 2 aromatic heterocycles. The predicted octanol–water partition coefficient (Wildman–Crippen LogP) is 4.67. The molecule has 7 nitrogen and oxygen atoms in total. The van der Waals surface area contributed by atoms with Crippen LogP contribution in [0.25, 0.3) is 10.9 Å². The van der Waals surface area contributed by atoms with E-state index in [1.54, 1.807) is 23.5 Å². The Morgan fingerprint density at radius 1 is 1.44 bits per heavy atom. The van der Waals surface area contributed by atoms with Gasteiger partial charge in [-0.3, -0.25) is 0 Å². The number of hydrogen-bond donors (Lipinski definition) is 1. The molecule has 0 unspecified atom stereocenters. The number of hydrogen-bond acceptors (Lipinski definition) is 6. The van der Waals surface area contributed by atoms with Crippen LogP contribution in [0.2, 0.25) is 0 Å². The molecular formula is C22H25F2N4O3S+. The molecule has 2 aliphatic rings. The second kappa shape index (κ2) is 8.08. The molecule has 0 radical (unpaired) electrons. The number of aromatic amines is 1. The second-order valence-corrected chi connectivity index (χ2v) is 10.2. The van der Waals surface area contributed by atoms with E-state index in [9.17, 15) is 13.7 Å². The lowest BCUT2D eigenvalue weighted by molar-refractivity contribution is -0.488. The van der Waals surface area contributed by atoms with Crippen molar-refractivity contribution in [3.05, 3.63) is 39.7 Å². The smallest absolute Gasteiger partial charge is 0.387 e. The van der Waals surface area contributed by atoms with Gasteiger partial charge in [-0.15, -0.1) is 0 Å². The highest BCUT2D eigenvalue weighted by molar-refractivity contribution is 7.16. The van der Waals surface area contributed by atoms with Crippen LogP contribution in [-0.4, -0.2) is 53.7 Å². The maximum absolute atomic E-state index is 12.6. The van der Waals surface area contributed by atoms with E-state index >= 15 is 0 Å². The summed E-state index contributed by atoms with van der Waals surface area (Å²) in [6.07, 6.45) is 3.39. The lowest BCUT2D eigenvalue weighted by atomic mass is 9.86. The largest absolute Gasteiger partial charge is 0.435 e. The first-order chi connectivity index (χ1) is 15.3. The number of ether oxygens (including phenoxy) is 2. The van der Waals surface area contributed by atoms with Crippen molar-refractivity contribution in [3.8, 4) is 5.75 Å². The predicted molar refractivity (Wildman–Crippen MR) is 118 cm³/mol. The van der Waals surface area contributed by atoms with Crippen molar-refractivity contribution in [1.29, 1.82) is 0 Å². The molecule has 170 valence electrons. The fraction of sp³-hybridized carbons (Fsp3) is 0.500. The van der Waals surface area contributed by atoms with Gasteiger partial charge in [-0.25, -0.2) is 0 Å². The molecule has 3 aromatic rings. The fourth-order valence-corrected chi connectivity index (χ4v) is 5.96. The van der Waals surface area contributed by atoms with Gasteiger partial charge >= 0.3 is 17.6 Å². The summed E-state index contributed by atoms with van der Waals surface area (Å²) in [5, 5.41) is 1.68. The first-order valence-corrected chi connectivity index (χ1v) is 11.4. The zero-order chi connectivity index (χ0) is 22.5. The molecule has 1 N–H and O–H groups in total. The Morgan fingerprint density at radius 3 is 3.09 bits per heavy atom. The van der Waals surface area contributed by atoms with Gasteiger partial charge in [-0.05, 0) is 46.3 Å². The number of anilines is 1. The van der Waals surface area contributed by atoms with Gasteiger partial charge in [0.25, 0.3) is 0 Å². The molecule has 0 spiro atoms. The topological polar surface area (TPSA) is 70.5 Å². The summed E-state index contributed by atoms with van der Waals surface area (Å²) in [5.74, 6) is 0.673. The van der Waals surface area contributed by atoms with E-state index in [0.29, 0.717) is 38.5 Å². The SMILES string of the molecule is CC1(C)Cc2sc(N3CCOC[C@@H]3Cc3c[nH]c4ccc(OC(F)F)cc34)nc2[N+](=O)C1. The van der Waals surface area contributed by atoms with E-state index in [2.05, 4.69) is 28.5 Å². The number of alkyl halides is 2. The molecule has 0 bridgehead atoms. The standard InChI is InChI=1S/C22H25F2N4O3S/c1-22(2)9-18-19(28(29)12-22)26-21(32-18)27-5-6-30-11-14(27)7-13-10-25-17-4-3-15(8-16(13)17)31-20(23)24/h3-4,8,10,14,20,25H,5-7,9,11-12H2,1-2H3/q+1/t14-/m0/s1. The van der Waals surface area contributed by atoms with Crippen molar-refractivity contribution in [1.82, 2.24) is 9.97 Å². The molecule has 32 heavy (non-hydrogen) atoms. The number of benzene rings is 1. The van der Waals surface area contributed by atoms with Crippen LogP contribution < -0.4 is 9.64 Å². The number of rotatable bonds is 5. The Bertz CT molecular complexity index is 1160. The van der Waals surface area contributed by atoms with Crippen molar-refractivity contribution in [2.24, 2.45) is 5.41 Å². The molecule has 0 saturated carbocycles. The summed E-state index contributed by atoms with van der Waals surface area (Å²) < 4.78 is 36.6. The van der Waals surface area contributed by atoms with Gasteiger partial charge < -0.3 is 19.4 Å². The van der Waals surface area contributed by atoms with Gasteiger partial charge in [-0.2, -0.15) is 8.78 Å². The minimum Gasteiger partial charge on any atom is -0.435 e. The molecule has 0 amide bonds. The molecule has 1 saturated heterocycles. The Balaban J connectivity index is 1.42. The number of aromatic nitrogens is 2. The van der Waals surface area contributed by atoms with Crippen LogP contribution in [0.4, 0.5) is 19.7 Å². The maximum atomic E-state index is 12.6. The van der Waals surface area contributed by atoms with Gasteiger partial charge in [-0.1, -0.05) is 30.1 Å². The fourth-order valence-electron chi connectivity index (χ4n) is 4.55. The number of halogens is 2. The summed E-state index contributed by atoms with van der Waals surface area (Å²) in [4.78, 5) is 23.7. The maximum Gasteiger partial charge on any atom is 0.387 e. The number of nitroso groups, excluding NO2 is 1. The van der Waals surface area contributed by atoms with Crippen molar-refractivity contribution in [2.75, 3.05) is 31.2 Å². The molecule has 1 atom stereocenters. The molecule has 2 aliphatic heterocycles. The molecule has 10 heteroatoms. The van der Waals surface area contributed by atoms with Crippen molar-refractivity contribution in [3.63, 3.8) is 0 Å². The highest BCUT2D eigenvalue weighted by atomic mass is 32.1. The van der Waals surface area contributed by atoms with Crippen LogP contribution in [0, 0.1) is 10.3 Å². The first-order valence-electron chi connectivity index (χ1n) is 10.6. The number of fused-ring (bicyclic) bond motifs is 2. The number of thiazole rings is 1. The third kappa shape index (κ3) is 4.09. The zero-order valence-corrected chi connectivity index (χ0v) is 18.8. The molecule has 1 fully saturated rings.